The molecule has 0 aliphatic carbocycles. The fourth-order valence-corrected chi connectivity index (χ4v) is 2.58. The molecule has 5 heteroatoms. The molecule has 0 fully saturated rings. The number of nitrogens with zero attached hydrogens (tertiary/aromatic N) is 2. The van der Waals surface area contributed by atoms with Crippen LogP contribution in [-0.4, -0.2) is 10.9 Å². The van der Waals surface area contributed by atoms with Gasteiger partial charge in [0.1, 0.15) is 0 Å². The number of aryl methyl sites for hydroxylation is 1. The Morgan fingerprint density at radius 3 is 2.08 bits per heavy atom. The summed E-state index contributed by atoms with van der Waals surface area (Å²) in [7, 11) is 0. The van der Waals surface area contributed by atoms with Crippen molar-refractivity contribution in [3.8, 4) is 0 Å². The van der Waals surface area contributed by atoms with Gasteiger partial charge >= 0.3 is 0 Å². The lowest BCUT2D eigenvalue weighted by Gasteiger charge is -2.42. The van der Waals surface area contributed by atoms with Gasteiger partial charge in [0, 0.05) is 18.1 Å². The maximum absolute atomic E-state index is 12.0. The number of hydrogen-bond acceptors (Lipinski definition) is 4. The minimum absolute atomic E-state index is 0.0150. The maximum atomic E-state index is 12.0. The molecule has 0 saturated carbocycles. The minimum atomic E-state index is -2.95. The SMILES string of the molecule is Cc1ccncc1.O=C1N(c2ccccc2)c2ccccc2C1([O-])[O-]. The molecule has 0 bridgehead atoms. The van der Waals surface area contributed by atoms with Crippen molar-refractivity contribution in [2.75, 3.05) is 4.90 Å². The van der Waals surface area contributed by atoms with Gasteiger partial charge < -0.3 is 10.2 Å². The number of para-hydroxylation sites is 2. The van der Waals surface area contributed by atoms with E-state index in [-0.39, 0.29) is 5.56 Å². The molecular weight excluding hydrogens is 316 g/mol. The highest BCUT2D eigenvalue weighted by molar-refractivity contribution is 6.10. The molecule has 0 radical (unpaired) electrons. The molecule has 5 nitrogen and oxygen atoms in total. The van der Waals surface area contributed by atoms with Crippen molar-refractivity contribution in [1.29, 1.82) is 0 Å². The Labute approximate surface area is 145 Å². The molecule has 126 valence electrons. The summed E-state index contributed by atoms with van der Waals surface area (Å²) < 4.78 is 0. The first-order valence-corrected chi connectivity index (χ1v) is 7.78. The normalized spacial score (nSPS) is 14.5. The van der Waals surface area contributed by atoms with Gasteiger partial charge in [0.15, 0.2) is 0 Å². The van der Waals surface area contributed by atoms with Crippen LogP contribution < -0.4 is 15.1 Å². The molecule has 25 heavy (non-hydrogen) atoms. The van der Waals surface area contributed by atoms with Gasteiger partial charge in [0.05, 0.1) is 5.69 Å². The van der Waals surface area contributed by atoms with Crippen molar-refractivity contribution in [2.24, 2.45) is 0 Å². The summed E-state index contributed by atoms with van der Waals surface area (Å²) >= 11 is 0. The van der Waals surface area contributed by atoms with Gasteiger partial charge in [-0.25, -0.2) is 0 Å². The third kappa shape index (κ3) is 3.28. The number of anilines is 2. The minimum Gasteiger partial charge on any atom is -0.853 e. The first-order valence-electron chi connectivity index (χ1n) is 7.78. The zero-order chi connectivity index (χ0) is 17.9. The van der Waals surface area contributed by atoms with E-state index >= 15 is 0 Å². The number of hydrogen-bond donors (Lipinski definition) is 0. The van der Waals surface area contributed by atoms with Gasteiger partial charge in [-0.15, -0.1) is 0 Å². The second-order valence-electron chi connectivity index (χ2n) is 5.63. The van der Waals surface area contributed by atoms with E-state index in [9.17, 15) is 15.0 Å². The van der Waals surface area contributed by atoms with E-state index in [0.717, 1.165) is 0 Å². The summed E-state index contributed by atoms with van der Waals surface area (Å²) in [4.78, 5) is 17.0. The number of aromatic nitrogens is 1. The van der Waals surface area contributed by atoms with Crippen LogP contribution >= 0.6 is 0 Å². The molecule has 0 spiro atoms. The van der Waals surface area contributed by atoms with Crippen LogP contribution in [0.3, 0.4) is 0 Å². The molecule has 3 aromatic rings. The van der Waals surface area contributed by atoms with E-state index in [1.54, 1.807) is 60.9 Å². The molecule has 0 N–H and O–H groups in total. The molecule has 0 saturated heterocycles. The number of amides is 1. The lowest BCUT2D eigenvalue weighted by molar-refractivity contribution is -0.708. The standard InChI is InChI=1S/C14H9NO3.C6H7N/c16-13-14(17,18)11-8-4-5-9-12(11)15(13)10-6-2-1-3-7-10;1-6-2-4-7-5-3-6/h1-9H;2-5H,1H3/q-2;. The van der Waals surface area contributed by atoms with Gasteiger partial charge in [0.2, 0.25) is 5.91 Å². The third-order valence-corrected chi connectivity index (χ3v) is 3.85. The summed E-state index contributed by atoms with van der Waals surface area (Å²) in [5.74, 6) is -3.93. The molecule has 2 aromatic carbocycles. The summed E-state index contributed by atoms with van der Waals surface area (Å²) in [6.07, 6.45) is 3.57. The van der Waals surface area contributed by atoms with Crippen LogP contribution in [0.1, 0.15) is 11.1 Å². The highest BCUT2D eigenvalue weighted by Crippen LogP contribution is 2.39. The lowest BCUT2D eigenvalue weighted by atomic mass is 10.1. The molecule has 1 aliphatic heterocycles. The first kappa shape index (κ1) is 16.8. The van der Waals surface area contributed by atoms with Crippen LogP contribution in [0, 0.1) is 6.92 Å². The first-order chi connectivity index (χ1) is 12.0. The van der Waals surface area contributed by atoms with Crippen LogP contribution in [0.2, 0.25) is 0 Å². The summed E-state index contributed by atoms with van der Waals surface area (Å²) in [5.41, 5.74) is 2.15. The van der Waals surface area contributed by atoms with Gasteiger partial charge in [-0.2, -0.15) is 0 Å². The Bertz CT molecular complexity index is 864. The highest BCUT2D eigenvalue weighted by Gasteiger charge is 2.34. The summed E-state index contributed by atoms with van der Waals surface area (Å²) in [6.45, 7) is 2.04. The topological polar surface area (TPSA) is 79.3 Å². The Hall–Kier alpha value is -3.02. The fourth-order valence-electron chi connectivity index (χ4n) is 2.58. The molecule has 1 amide bonds. The van der Waals surface area contributed by atoms with Crippen molar-refractivity contribution in [2.45, 2.75) is 12.7 Å². The Kier molecular flexibility index (Phi) is 4.61. The van der Waals surface area contributed by atoms with E-state index in [1.807, 2.05) is 19.1 Å². The number of rotatable bonds is 1. The van der Waals surface area contributed by atoms with Crippen LogP contribution in [0.15, 0.2) is 79.1 Å². The number of fused-ring (bicyclic) bond motifs is 1. The largest absolute Gasteiger partial charge is 0.853 e. The average molecular weight is 332 g/mol. The monoisotopic (exact) mass is 332 g/mol. The molecule has 0 unspecified atom stereocenters. The van der Waals surface area contributed by atoms with Crippen molar-refractivity contribution >= 4 is 17.3 Å². The van der Waals surface area contributed by atoms with Gasteiger partial charge in [-0.1, -0.05) is 42.2 Å². The molecule has 1 aromatic heterocycles. The number of carbonyl (C=O) groups excluding carboxylic acids is 1. The van der Waals surface area contributed by atoms with E-state index < -0.39 is 11.7 Å². The van der Waals surface area contributed by atoms with Crippen LogP contribution in [0.5, 0.6) is 0 Å². The highest BCUT2D eigenvalue weighted by atomic mass is 16.5. The molecule has 0 atom stereocenters. The van der Waals surface area contributed by atoms with E-state index in [0.29, 0.717) is 11.4 Å². The van der Waals surface area contributed by atoms with Crippen LogP contribution in [0.4, 0.5) is 11.4 Å². The lowest BCUT2D eigenvalue weighted by Crippen LogP contribution is -2.59. The zero-order valence-corrected chi connectivity index (χ0v) is 13.6. The molecule has 4 rings (SSSR count). The second kappa shape index (κ2) is 6.84. The smallest absolute Gasteiger partial charge is 0.208 e. The summed E-state index contributed by atoms with van der Waals surface area (Å²) in [5, 5.41) is 23.8. The van der Waals surface area contributed by atoms with Gasteiger partial charge in [-0.3, -0.25) is 14.7 Å². The molecular formula is C20H16N2O3-2. The van der Waals surface area contributed by atoms with Crippen LogP contribution in [0.25, 0.3) is 0 Å². The van der Waals surface area contributed by atoms with Crippen molar-refractivity contribution in [3.05, 3.63) is 90.3 Å². The summed E-state index contributed by atoms with van der Waals surface area (Å²) in [6, 6.07) is 18.9. The number of carbonyl (C=O) groups is 1. The van der Waals surface area contributed by atoms with Crippen molar-refractivity contribution in [1.82, 2.24) is 4.98 Å². The van der Waals surface area contributed by atoms with E-state index in [4.69, 9.17) is 0 Å². The Balaban J connectivity index is 0.000000219. The zero-order valence-electron chi connectivity index (χ0n) is 13.6. The average Bonchev–Trinajstić information content (AvgIpc) is 2.84. The third-order valence-electron chi connectivity index (χ3n) is 3.85. The van der Waals surface area contributed by atoms with Crippen LogP contribution in [-0.2, 0) is 10.6 Å². The van der Waals surface area contributed by atoms with E-state index in [2.05, 4.69) is 4.98 Å². The Morgan fingerprint density at radius 2 is 1.48 bits per heavy atom. The predicted molar refractivity (Wildman–Crippen MR) is 90.7 cm³/mol. The predicted octanol–water partition coefficient (Wildman–Crippen LogP) is 1.63. The second-order valence-corrected chi connectivity index (χ2v) is 5.63. The molecule has 1 aliphatic rings. The quantitative estimate of drug-likeness (QED) is 0.635. The van der Waals surface area contributed by atoms with Crippen molar-refractivity contribution in [3.63, 3.8) is 0 Å². The molecule has 2 heterocycles. The maximum Gasteiger partial charge on any atom is 0.208 e. The van der Waals surface area contributed by atoms with Gasteiger partial charge in [-0.05, 0) is 48.4 Å². The van der Waals surface area contributed by atoms with E-state index in [1.165, 1.54) is 16.5 Å². The van der Waals surface area contributed by atoms with Gasteiger partial charge in [0.25, 0.3) is 0 Å². The van der Waals surface area contributed by atoms with Crippen molar-refractivity contribution < 1.29 is 15.0 Å². The Morgan fingerprint density at radius 1 is 0.880 bits per heavy atom. The number of pyridine rings is 1. The fraction of sp³-hybridized carbons (Fsp3) is 0.100. The number of benzene rings is 2.